The lowest BCUT2D eigenvalue weighted by molar-refractivity contribution is -0.125. The molecule has 1 aromatic carbocycles. The number of carbonyl (C=O) groups excluding carboxylic acids is 1. The Morgan fingerprint density at radius 2 is 1.89 bits per heavy atom. The molecule has 6 rings (SSSR count). The van der Waals surface area contributed by atoms with E-state index in [1.807, 2.05) is 24.4 Å². The summed E-state index contributed by atoms with van der Waals surface area (Å²) in [5.41, 5.74) is 3.11. The SMILES string of the molecule is CC#CC1(O)C(Cl)=CC[C@H]2[C@@H]3CCC4=CC(=O)CC[C@@H]4[C@H]3[C@@H](c3ccc(-c4cccnc4)cc3)C[C@@]21C. The first-order chi connectivity index (χ1) is 17.9. The molecule has 4 heteroatoms. The zero-order valence-corrected chi connectivity index (χ0v) is 22.3. The first-order valence-electron chi connectivity index (χ1n) is 13.6. The molecule has 2 fully saturated rings. The number of allylic oxidation sites excluding steroid dienone is 3. The van der Waals surface area contributed by atoms with Crippen molar-refractivity contribution in [1.29, 1.82) is 0 Å². The molecule has 7 atom stereocenters. The highest BCUT2D eigenvalue weighted by Gasteiger charge is 2.63. The number of aliphatic hydroxyl groups is 1. The van der Waals surface area contributed by atoms with Crippen LogP contribution < -0.4 is 0 Å². The van der Waals surface area contributed by atoms with Crippen molar-refractivity contribution < 1.29 is 9.90 Å². The second-order valence-corrected chi connectivity index (χ2v) is 12.1. The number of carbonyl (C=O) groups is 1. The lowest BCUT2D eigenvalue weighted by Gasteiger charge is -2.62. The molecule has 1 aromatic heterocycles. The van der Waals surface area contributed by atoms with Gasteiger partial charge in [0.1, 0.15) is 0 Å². The summed E-state index contributed by atoms with van der Waals surface area (Å²) in [5, 5.41) is 12.5. The monoisotopic (exact) mass is 511 g/mol. The van der Waals surface area contributed by atoms with Gasteiger partial charge >= 0.3 is 0 Å². The van der Waals surface area contributed by atoms with Crippen LogP contribution in [-0.2, 0) is 4.79 Å². The van der Waals surface area contributed by atoms with Crippen LogP contribution in [0.1, 0.15) is 63.9 Å². The molecular formula is C33H34ClNO2. The van der Waals surface area contributed by atoms with Gasteiger partial charge in [0.15, 0.2) is 11.4 Å². The number of halogens is 1. The predicted octanol–water partition coefficient (Wildman–Crippen LogP) is 7.07. The van der Waals surface area contributed by atoms with E-state index in [0.29, 0.717) is 35.1 Å². The second kappa shape index (κ2) is 9.26. The van der Waals surface area contributed by atoms with Crippen LogP contribution in [0.2, 0.25) is 0 Å². The number of rotatable bonds is 2. The zero-order valence-electron chi connectivity index (χ0n) is 21.6. The first-order valence-corrected chi connectivity index (χ1v) is 14.0. The van der Waals surface area contributed by atoms with Crippen LogP contribution in [-0.4, -0.2) is 21.5 Å². The number of ketones is 1. The molecular weight excluding hydrogens is 478 g/mol. The molecule has 0 bridgehead atoms. The minimum absolute atomic E-state index is 0.254. The van der Waals surface area contributed by atoms with E-state index in [9.17, 15) is 9.90 Å². The van der Waals surface area contributed by atoms with Crippen LogP contribution in [0.5, 0.6) is 0 Å². The van der Waals surface area contributed by atoms with Crippen molar-refractivity contribution in [2.75, 3.05) is 0 Å². The fourth-order valence-corrected chi connectivity index (χ4v) is 8.69. The summed E-state index contributed by atoms with van der Waals surface area (Å²) >= 11 is 6.75. The van der Waals surface area contributed by atoms with Crippen molar-refractivity contribution in [2.45, 2.75) is 63.9 Å². The van der Waals surface area contributed by atoms with Crippen LogP contribution in [0.15, 0.2) is 71.5 Å². The second-order valence-electron chi connectivity index (χ2n) is 11.7. The van der Waals surface area contributed by atoms with Crippen LogP contribution in [0.4, 0.5) is 0 Å². The quantitative estimate of drug-likeness (QED) is 0.438. The highest BCUT2D eigenvalue weighted by atomic mass is 35.5. The summed E-state index contributed by atoms with van der Waals surface area (Å²) in [7, 11) is 0. The Morgan fingerprint density at radius 3 is 2.62 bits per heavy atom. The number of fused-ring (bicyclic) bond motifs is 5. The van der Waals surface area contributed by atoms with E-state index >= 15 is 0 Å². The summed E-state index contributed by atoms with van der Waals surface area (Å²) in [6, 6.07) is 13.0. The predicted molar refractivity (Wildman–Crippen MR) is 148 cm³/mol. The topological polar surface area (TPSA) is 50.2 Å². The highest BCUT2D eigenvalue weighted by Crippen LogP contribution is 2.67. The normalized spacial score (nSPS) is 36.6. The van der Waals surface area contributed by atoms with Gasteiger partial charge in [0, 0.05) is 24.2 Å². The minimum Gasteiger partial charge on any atom is -0.372 e. The average molecular weight is 512 g/mol. The summed E-state index contributed by atoms with van der Waals surface area (Å²) in [6.07, 6.45) is 13.0. The van der Waals surface area contributed by atoms with Gasteiger partial charge in [-0.15, -0.1) is 5.92 Å². The Balaban J connectivity index is 1.46. The molecule has 37 heavy (non-hydrogen) atoms. The third-order valence-electron chi connectivity index (χ3n) is 10.1. The van der Waals surface area contributed by atoms with E-state index < -0.39 is 11.0 Å². The van der Waals surface area contributed by atoms with Crippen molar-refractivity contribution in [3.8, 4) is 23.0 Å². The number of pyridine rings is 1. The Kier molecular flexibility index (Phi) is 6.17. The molecule has 0 spiro atoms. The average Bonchev–Trinajstić information content (AvgIpc) is 2.91. The summed E-state index contributed by atoms with van der Waals surface area (Å²) in [6.45, 7) is 4.01. The van der Waals surface area contributed by atoms with Crippen molar-refractivity contribution in [2.24, 2.45) is 29.1 Å². The number of aromatic nitrogens is 1. The maximum Gasteiger partial charge on any atom is 0.166 e. The Hall–Kier alpha value is -2.67. The molecule has 4 aliphatic carbocycles. The van der Waals surface area contributed by atoms with E-state index in [1.165, 1.54) is 11.1 Å². The third-order valence-corrected chi connectivity index (χ3v) is 10.5. The zero-order chi connectivity index (χ0) is 25.8. The highest BCUT2D eigenvalue weighted by molar-refractivity contribution is 6.31. The van der Waals surface area contributed by atoms with Gasteiger partial charge in [-0.3, -0.25) is 9.78 Å². The van der Waals surface area contributed by atoms with E-state index in [4.69, 9.17) is 11.6 Å². The van der Waals surface area contributed by atoms with Gasteiger partial charge in [0.25, 0.3) is 0 Å². The minimum atomic E-state index is -1.34. The standard InChI is InChI=1S/C33H34ClNO2/c1-3-16-33(37)30(34)15-14-29-27-12-10-23-18-25(36)11-13-26(23)31(27)28(19-32(29,33)2)22-8-6-21(7-9-22)24-5-4-17-35-20-24/h4-9,15,17-18,20,26-29,31,37H,10-14,19H2,1-2H3/t26-,27-,28+,29-,31+,32-,33?/m0/s1. The van der Waals surface area contributed by atoms with Gasteiger partial charge in [-0.1, -0.05) is 66.4 Å². The van der Waals surface area contributed by atoms with E-state index in [2.05, 4.69) is 54.1 Å². The lowest BCUT2D eigenvalue weighted by Crippen LogP contribution is -2.60. The third kappa shape index (κ3) is 3.84. The number of hydrogen-bond donors (Lipinski definition) is 1. The maximum absolute atomic E-state index is 12.3. The summed E-state index contributed by atoms with van der Waals surface area (Å²) in [4.78, 5) is 16.6. The van der Waals surface area contributed by atoms with Crippen molar-refractivity contribution >= 4 is 17.4 Å². The number of hydrogen-bond acceptors (Lipinski definition) is 3. The molecule has 0 radical (unpaired) electrons. The molecule has 190 valence electrons. The van der Waals surface area contributed by atoms with Gasteiger partial charge in [0.05, 0.1) is 5.03 Å². The van der Waals surface area contributed by atoms with Gasteiger partial charge in [-0.25, -0.2) is 0 Å². The van der Waals surface area contributed by atoms with Crippen molar-refractivity contribution in [3.63, 3.8) is 0 Å². The van der Waals surface area contributed by atoms with Crippen LogP contribution in [0.25, 0.3) is 11.1 Å². The molecule has 1 heterocycles. The molecule has 0 aliphatic heterocycles. The van der Waals surface area contributed by atoms with Crippen LogP contribution >= 0.6 is 11.6 Å². The molecule has 3 nitrogen and oxygen atoms in total. The molecule has 1 N–H and O–H groups in total. The van der Waals surface area contributed by atoms with Crippen molar-refractivity contribution in [3.05, 3.63) is 77.1 Å². The fraction of sp³-hybridized carbons (Fsp3) is 0.455. The van der Waals surface area contributed by atoms with E-state index in [1.54, 1.807) is 13.1 Å². The van der Waals surface area contributed by atoms with Gasteiger partial charge in [-0.2, -0.15) is 0 Å². The number of nitrogens with zero attached hydrogens (tertiary/aromatic N) is 1. The molecule has 2 aromatic rings. The Morgan fingerprint density at radius 1 is 1.08 bits per heavy atom. The van der Waals surface area contributed by atoms with E-state index in [-0.39, 0.29) is 11.7 Å². The summed E-state index contributed by atoms with van der Waals surface area (Å²) in [5.74, 6) is 8.30. The van der Waals surface area contributed by atoms with Crippen LogP contribution in [0.3, 0.4) is 0 Å². The molecule has 4 aliphatic rings. The van der Waals surface area contributed by atoms with Crippen molar-refractivity contribution in [1.82, 2.24) is 4.98 Å². The molecule has 0 saturated heterocycles. The van der Waals surface area contributed by atoms with Gasteiger partial charge in [-0.05, 0) is 97.5 Å². The molecule has 1 unspecified atom stereocenters. The first kappa shape index (κ1) is 24.7. The molecule has 0 amide bonds. The maximum atomic E-state index is 12.3. The lowest BCUT2D eigenvalue weighted by atomic mass is 9.43. The number of benzene rings is 1. The smallest absolute Gasteiger partial charge is 0.166 e. The van der Waals surface area contributed by atoms with Gasteiger partial charge in [0.2, 0.25) is 0 Å². The Bertz CT molecular complexity index is 1330. The molecule has 2 saturated carbocycles. The van der Waals surface area contributed by atoms with Crippen LogP contribution in [0, 0.1) is 40.9 Å². The summed E-state index contributed by atoms with van der Waals surface area (Å²) < 4.78 is 0. The van der Waals surface area contributed by atoms with Gasteiger partial charge < -0.3 is 5.11 Å². The largest absolute Gasteiger partial charge is 0.372 e. The fourth-order valence-electron chi connectivity index (χ4n) is 8.34. The van der Waals surface area contributed by atoms with E-state index in [0.717, 1.165) is 43.2 Å². The Labute approximate surface area is 225 Å².